The van der Waals surface area contributed by atoms with Crippen LogP contribution >= 0.6 is 23.4 Å². The molecule has 1 heterocycles. The molecule has 7 heteroatoms. The maximum absolute atomic E-state index is 8.78. The quantitative estimate of drug-likeness (QED) is 0.393. The molecule has 100 valence electrons. The molecule has 0 amide bonds. The molecule has 19 heavy (non-hydrogen) atoms. The largest absolute Gasteiger partial charge is 0.436 e. The number of oxazole rings is 1. The smallest absolute Gasteiger partial charge is 0.261 e. The molecule has 0 aliphatic carbocycles. The third kappa shape index (κ3) is 3.02. The van der Waals surface area contributed by atoms with E-state index in [1.807, 2.05) is 13.8 Å². The summed E-state index contributed by atoms with van der Waals surface area (Å²) < 4.78 is 5.49. The normalized spacial score (nSPS) is 11.8. The number of hydrogen-bond donors (Lipinski definition) is 2. The zero-order valence-electron chi connectivity index (χ0n) is 10.3. The molecule has 0 radical (unpaired) electrons. The van der Waals surface area contributed by atoms with Gasteiger partial charge in [0, 0.05) is 15.5 Å². The van der Waals surface area contributed by atoms with E-state index >= 15 is 0 Å². The van der Waals surface area contributed by atoms with Gasteiger partial charge in [-0.25, -0.2) is 4.98 Å². The Morgan fingerprint density at radius 3 is 2.79 bits per heavy atom. The number of aromatic nitrogens is 1. The van der Waals surface area contributed by atoms with Crippen LogP contribution in [0.15, 0.2) is 37.9 Å². The van der Waals surface area contributed by atoms with E-state index in [0.29, 0.717) is 20.7 Å². The number of aryl methyl sites for hydroxylation is 2. The van der Waals surface area contributed by atoms with Crippen LogP contribution < -0.4 is 5.73 Å². The van der Waals surface area contributed by atoms with Crippen LogP contribution in [-0.2, 0) is 0 Å². The molecule has 2 rings (SSSR count). The second-order valence-electron chi connectivity index (χ2n) is 3.85. The first-order valence-electron chi connectivity index (χ1n) is 5.40. The van der Waals surface area contributed by atoms with Crippen molar-refractivity contribution < 1.29 is 9.62 Å². The Morgan fingerprint density at radius 1 is 1.47 bits per heavy atom. The molecular formula is C12H12ClN3O2S. The van der Waals surface area contributed by atoms with Gasteiger partial charge in [-0.2, -0.15) is 0 Å². The van der Waals surface area contributed by atoms with Crippen LogP contribution in [0.3, 0.4) is 0 Å². The lowest BCUT2D eigenvalue weighted by atomic mass is 10.2. The Labute approximate surface area is 119 Å². The topological polar surface area (TPSA) is 84.6 Å². The molecule has 0 saturated heterocycles. The molecular weight excluding hydrogens is 286 g/mol. The van der Waals surface area contributed by atoms with Gasteiger partial charge in [-0.3, -0.25) is 0 Å². The standard InChI is InChI=1S/C12H12ClN3O2S/c1-6-7(2)18-12(15-6)19-10-5-8(13)3-4-9(10)11(14)16-17/h3-5,17H,1-2H3,(H2,14,16). The molecule has 0 spiro atoms. The summed E-state index contributed by atoms with van der Waals surface area (Å²) in [6.07, 6.45) is 0. The van der Waals surface area contributed by atoms with Gasteiger partial charge in [0.15, 0.2) is 5.84 Å². The summed E-state index contributed by atoms with van der Waals surface area (Å²) in [5.74, 6) is 0.772. The van der Waals surface area contributed by atoms with Crippen LogP contribution in [0.2, 0.25) is 5.02 Å². The number of halogens is 1. The van der Waals surface area contributed by atoms with Gasteiger partial charge in [0.2, 0.25) is 0 Å². The predicted octanol–water partition coefficient (Wildman–Crippen LogP) is 3.19. The van der Waals surface area contributed by atoms with Crippen LogP contribution in [0.25, 0.3) is 0 Å². The van der Waals surface area contributed by atoms with Crippen LogP contribution in [-0.4, -0.2) is 16.0 Å². The molecule has 0 atom stereocenters. The van der Waals surface area contributed by atoms with E-state index in [0.717, 1.165) is 11.5 Å². The molecule has 0 aliphatic heterocycles. The van der Waals surface area contributed by atoms with Crippen molar-refractivity contribution >= 4 is 29.2 Å². The van der Waals surface area contributed by atoms with Crippen LogP contribution in [0.4, 0.5) is 0 Å². The zero-order valence-corrected chi connectivity index (χ0v) is 11.9. The molecule has 0 bridgehead atoms. The van der Waals surface area contributed by atoms with Gasteiger partial charge in [-0.1, -0.05) is 16.8 Å². The van der Waals surface area contributed by atoms with E-state index in [9.17, 15) is 0 Å². The summed E-state index contributed by atoms with van der Waals surface area (Å²) in [6, 6.07) is 5.07. The molecule has 5 nitrogen and oxygen atoms in total. The predicted molar refractivity (Wildman–Crippen MR) is 74.1 cm³/mol. The second-order valence-corrected chi connectivity index (χ2v) is 5.28. The average Bonchev–Trinajstić information content (AvgIpc) is 2.67. The zero-order chi connectivity index (χ0) is 14.0. The van der Waals surface area contributed by atoms with E-state index in [4.69, 9.17) is 27.0 Å². The Hall–Kier alpha value is -1.66. The Bertz CT molecular complexity index is 620. The maximum atomic E-state index is 8.78. The highest BCUT2D eigenvalue weighted by molar-refractivity contribution is 7.99. The van der Waals surface area contributed by atoms with Gasteiger partial charge in [0.05, 0.1) is 5.69 Å². The fourth-order valence-electron chi connectivity index (χ4n) is 1.43. The lowest BCUT2D eigenvalue weighted by Crippen LogP contribution is -2.14. The third-order valence-corrected chi connectivity index (χ3v) is 3.68. The molecule has 1 aromatic carbocycles. The fourth-order valence-corrected chi connectivity index (χ4v) is 2.67. The number of nitrogens with zero attached hydrogens (tertiary/aromatic N) is 2. The third-order valence-electron chi connectivity index (χ3n) is 2.53. The summed E-state index contributed by atoms with van der Waals surface area (Å²) in [4.78, 5) is 4.98. The van der Waals surface area contributed by atoms with Crippen molar-refractivity contribution in [3.63, 3.8) is 0 Å². The van der Waals surface area contributed by atoms with Gasteiger partial charge in [0.1, 0.15) is 5.76 Å². The van der Waals surface area contributed by atoms with Crippen LogP contribution in [0.5, 0.6) is 0 Å². The lowest BCUT2D eigenvalue weighted by Gasteiger charge is -2.06. The minimum atomic E-state index is 0.0131. The Morgan fingerprint density at radius 2 is 2.21 bits per heavy atom. The minimum absolute atomic E-state index is 0.0131. The highest BCUT2D eigenvalue weighted by Crippen LogP contribution is 2.32. The highest BCUT2D eigenvalue weighted by Gasteiger charge is 2.13. The van der Waals surface area contributed by atoms with Crippen molar-refractivity contribution in [1.82, 2.24) is 4.98 Å². The number of amidine groups is 1. The average molecular weight is 298 g/mol. The number of benzene rings is 1. The fraction of sp³-hybridized carbons (Fsp3) is 0.167. The van der Waals surface area contributed by atoms with Gasteiger partial charge in [-0.15, -0.1) is 0 Å². The molecule has 2 aromatic rings. The van der Waals surface area contributed by atoms with Crippen molar-refractivity contribution in [2.45, 2.75) is 24.0 Å². The second kappa shape index (κ2) is 5.54. The van der Waals surface area contributed by atoms with Gasteiger partial charge < -0.3 is 15.4 Å². The lowest BCUT2D eigenvalue weighted by molar-refractivity contribution is 0.318. The van der Waals surface area contributed by atoms with Gasteiger partial charge in [0.25, 0.3) is 5.22 Å². The summed E-state index contributed by atoms with van der Waals surface area (Å²) in [5, 5.41) is 12.8. The van der Waals surface area contributed by atoms with E-state index in [2.05, 4.69) is 10.1 Å². The molecule has 1 aromatic heterocycles. The first-order chi connectivity index (χ1) is 9.01. The molecule has 3 N–H and O–H groups in total. The number of nitrogens with two attached hydrogens (primary N) is 1. The van der Waals surface area contributed by atoms with E-state index in [1.54, 1.807) is 18.2 Å². The maximum Gasteiger partial charge on any atom is 0.261 e. The van der Waals surface area contributed by atoms with Crippen molar-refractivity contribution in [2.24, 2.45) is 10.9 Å². The van der Waals surface area contributed by atoms with E-state index in [1.165, 1.54) is 11.8 Å². The SMILES string of the molecule is Cc1nc(Sc2cc(Cl)ccc2/C(N)=N/O)oc1C. The van der Waals surface area contributed by atoms with E-state index < -0.39 is 0 Å². The summed E-state index contributed by atoms with van der Waals surface area (Å²) in [5.41, 5.74) is 7.03. The Balaban J connectivity index is 2.40. The van der Waals surface area contributed by atoms with Crippen LogP contribution in [0, 0.1) is 13.8 Å². The monoisotopic (exact) mass is 297 g/mol. The summed E-state index contributed by atoms with van der Waals surface area (Å²) >= 11 is 7.23. The molecule has 0 unspecified atom stereocenters. The van der Waals surface area contributed by atoms with Gasteiger partial charge in [-0.05, 0) is 43.8 Å². The van der Waals surface area contributed by atoms with Crippen molar-refractivity contribution in [2.75, 3.05) is 0 Å². The van der Waals surface area contributed by atoms with Crippen molar-refractivity contribution in [3.8, 4) is 0 Å². The molecule has 0 aliphatic rings. The Kier molecular flexibility index (Phi) is 4.01. The summed E-state index contributed by atoms with van der Waals surface area (Å²) in [7, 11) is 0. The minimum Gasteiger partial charge on any atom is -0.436 e. The van der Waals surface area contributed by atoms with Crippen molar-refractivity contribution in [1.29, 1.82) is 0 Å². The number of rotatable bonds is 3. The molecule has 0 fully saturated rings. The molecule has 0 saturated carbocycles. The van der Waals surface area contributed by atoms with Crippen LogP contribution in [0.1, 0.15) is 17.0 Å². The van der Waals surface area contributed by atoms with E-state index in [-0.39, 0.29) is 5.84 Å². The number of hydrogen-bond acceptors (Lipinski definition) is 5. The first kappa shape index (κ1) is 13.8. The number of oxime groups is 1. The first-order valence-corrected chi connectivity index (χ1v) is 6.60. The van der Waals surface area contributed by atoms with Crippen molar-refractivity contribution in [3.05, 3.63) is 40.2 Å². The highest BCUT2D eigenvalue weighted by atomic mass is 35.5. The van der Waals surface area contributed by atoms with Gasteiger partial charge >= 0.3 is 0 Å². The summed E-state index contributed by atoms with van der Waals surface area (Å²) in [6.45, 7) is 3.71.